The van der Waals surface area contributed by atoms with Crippen LogP contribution in [0.4, 0.5) is 16.4 Å². The minimum absolute atomic E-state index is 0.0572. The minimum Gasteiger partial charge on any atom is -0.444 e. The lowest BCUT2D eigenvalue weighted by Gasteiger charge is -2.33. The van der Waals surface area contributed by atoms with Gasteiger partial charge in [0.1, 0.15) is 40.3 Å². The van der Waals surface area contributed by atoms with E-state index in [1.807, 2.05) is 49.9 Å². The molecule has 1 saturated heterocycles. The quantitative estimate of drug-likeness (QED) is 0.115. The Morgan fingerprint density at radius 3 is 2.51 bits per heavy atom. The number of hydrogen-bond acceptors (Lipinski definition) is 11. The third-order valence-corrected chi connectivity index (χ3v) is 12.0. The zero-order valence-corrected chi connectivity index (χ0v) is 31.5. The Kier molecular flexibility index (Phi) is 9.56. The van der Waals surface area contributed by atoms with Gasteiger partial charge in [-0.3, -0.25) is 19.3 Å². The maximum absolute atomic E-state index is 13.0. The van der Waals surface area contributed by atoms with Crippen LogP contribution < -0.4 is 20.5 Å². The molecule has 3 saturated carbocycles. The number of anilines is 2. The zero-order valence-electron chi connectivity index (χ0n) is 30.0. The Labute approximate surface area is 308 Å². The SMILES string of the molecule is CC(C)(C)OC(=O)N1CC(CCCNc2cccc(SNC(=O)c3ccc(N4C=CC(OCC(=O)C5C6(CC6)C56CC6)N4)nc3Cl)n2)CC1(C)C. The normalized spacial score (nSPS) is 23.5. The topological polar surface area (TPSA) is 138 Å². The van der Waals surface area contributed by atoms with Gasteiger partial charge in [0.05, 0.1) is 5.56 Å². The molecule has 2 aromatic heterocycles. The van der Waals surface area contributed by atoms with Gasteiger partial charge in [0.15, 0.2) is 5.78 Å². The number of ketones is 1. The summed E-state index contributed by atoms with van der Waals surface area (Å²) in [6.07, 6.45) is 10.5. The second kappa shape index (κ2) is 13.5. The van der Waals surface area contributed by atoms with Crippen molar-refractivity contribution < 1.29 is 23.9 Å². The number of Topliss-reactive ketones (excluding diaryl/α,β-unsaturated/α-hetero) is 1. The molecule has 51 heavy (non-hydrogen) atoms. The van der Waals surface area contributed by atoms with Crippen LogP contribution in [-0.4, -0.2) is 69.7 Å². The van der Waals surface area contributed by atoms with Crippen molar-refractivity contribution in [2.24, 2.45) is 22.7 Å². The standard InChI is InChI=1S/C37H48ClN7O5S/c1-34(2,3)50-33(48)44-21-23(20-35(44,4)5)8-7-18-39-26-9-6-10-29(40-26)51-43-32(47)24-11-12-27(41-31(24)38)45-19-13-28(42-45)49-22-25(46)30-36(14-15-36)37(30)16-17-37/h6,9-13,19,23,28,30,42H,7-8,14-18,20-22H2,1-5H3,(H,39,40)(H,43,47). The van der Waals surface area contributed by atoms with Crippen molar-refractivity contribution in [3.63, 3.8) is 0 Å². The van der Waals surface area contributed by atoms with Gasteiger partial charge in [-0.05, 0) is 127 Å². The summed E-state index contributed by atoms with van der Waals surface area (Å²) in [5.41, 5.74) is 3.29. The summed E-state index contributed by atoms with van der Waals surface area (Å²) < 4.78 is 14.3. The number of carbonyl (C=O) groups excluding carboxylic acids is 3. The summed E-state index contributed by atoms with van der Waals surface area (Å²) >= 11 is 7.55. The average molecular weight is 738 g/mol. The van der Waals surface area contributed by atoms with Gasteiger partial charge in [0.2, 0.25) is 0 Å². The molecule has 0 radical (unpaired) electrons. The van der Waals surface area contributed by atoms with E-state index >= 15 is 0 Å². The Balaban J connectivity index is 0.825. The van der Waals surface area contributed by atoms with Gasteiger partial charge < -0.3 is 19.7 Å². The lowest BCUT2D eigenvalue weighted by molar-refractivity contribution is -0.127. The molecule has 2 atom stereocenters. The molecule has 5 aliphatic rings. The number of nitrogens with one attached hydrogen (secondary N) is 3. The van der Waals surface area contributed by atoms with Crippen LogP contribution >= 0.6 is 23.5 Å². The van der Waals surface area contributed by atoms with Crippen LogP contribution in [0.5, 0.6) is 0 Å². The van der Waals surface area contributed by atoms with Crippen LogP contribution in [0.1, 0.15) is 89.9 Å². The molecular formula is C37H48ClN7O5S. The number of amides is 2. The fraction of sp³-hybridized carbons (Fsp3) is 0.595. The van der Waals surface area contributed by atoms with Crippen molar-refractivity contribution in [3.8, 4) is 0 Å². The summed E-state index contributed by atoms with van der Waals surface area (Å²) in [5, 5.41) is 5.72. The summed E-state index contributed by atoms with van der Waals surface area (Å²) in [6, 6.07) is 8.91. The van der Waals surface area contributed by atoms with Crippen molar-refractivity contribution in [3.05, 3.63) is 53.3 Å². The van der Waals surface area contributed by atoms with E-state index in [0.29, 0.717) is 40.0 Å². The first-order valence-electron chi connectivity index (χ1n) is 17.9. The predicted molar refractivity (Wildman–Crippen MR) is 196 cm³/mol. The fourth-order valence-electron chi connectivity index (χ4n) is 8.35. The number of rotatable bonds is 13. The lowest BCUT2D eigenvalue weighted by atomic mass is 9.93. The highest BCUT2D eigenvalue weighted by Gasteiger charge is 2.88. The Hall–Kier alpha value is -3.39. The van der Waals surface area contributed by atoms with Crippen LogP contribution in [0.2, 0.25) is 5.15 Å². The molecule has 14 heteroatoms. The van der Waals surface area contributed by atoms with Crippen molar-refractivity contribution in [2.75, 3.05) is 30.0 Å². The summed E-state index contributed by atoms with van der Waals surface area (Å²) in [7, 11) is 0. The van der Waals surface area contributed by atoms with E-state index in [9.17, 15) is 14.4 Å². The maximum Gasteiger partial charge on any atom is 0.410 e. The number of hydrogen-bond donors (Lipinski definition) is 3. The van der Waals surface area contributed by atoms with Crippen LogP contribution in [0, 0.1) is 22.7 Å². The van der Waals surface area contributed by atoms with Crippen LogP contribution in [0.25, 0.3) is 0 Å². The minimum atomic E-state index is -0.517. The third-order valence-electron chi connectivity index (χ3n) is 11.0. The Morgan fingerprint density at radius 1 is 1.08 bits per heavy atom. The van der Waals surface area contributed by atoms with E-state index in [1.165, 1.54) is 25.7 Å². The first kappa shape index (κ1) is 36.0. The number of fused-ring (bicyclic) bond motifs is 1. The van der Waals surface area contributed by atoms with Gasteiger partial charge >= 0.3 is 6.09 Å². The fourth-order valence-corrected chi connectivity index (χ4v) is 9.19. The number of hydrazine groups is 1. The van der Waals surface area contributed by atoms with Crippen molar-refractivity contribution in [1.29, 1.82) is 0 Å². The van der Waals surface area contributed by atoms with Gasteiger partial charge in [-0.1, -0.05) is 17.7 Å². The predicted octanol–water partition coefficient (Wildman–Crippen LogP) is 6.74. The molecular weight excluding hydrogens is 690 g/mol. The molecule has 4 heterocycles. The molecule has 0 bridgehead atoms. The third kappa shape index (κ3) is 7.58. The van der Waals surface area contributed by atoms with E-state index in [1.54, 1.807) is 23.3 Å². The molecule has 274 valence electrons. The van der Waals surface area contributed by atoms with E-state index in [4.69, 9.17) is 21.1 Å². The smallest absolute Gasteiger partial charge is 0.410 e. The average Bonchev–Trinajstić information content (AvgIpc) is 4.02. The van der Waals surface area contributed by atoms with Crippen molar-refractivity contribution >= 4 is 53.0 Å². The summed E-state index contributed by atoms with van der Waals surface area (Å²) in [5.74, 6) is 1.64. The Bertz CT molecular complexity index is 1700. The molecule has 7 rings (SSSR count). The van der Waals surface area contributed by atoms with Gasteiger partial charge in [-0.2, -0.15) is 5.43 Å². The van der Waals surface area contributed by atoms with Crippen molar-refractivity contribution in [1.82, 2.24) is 25.0 Å². The van der Waals surface area contributed by atoms with E-state index in [-0.39, 0.29) is 40.7 Å². The maximum atomic E-state index is 13.0. The highest BCUT2D eigenvalue weighted by atomic mass is 35.5. The molecule has 3 N–H and O–H groups in total. The summed E-state index contributed by atoms with van der Waals surface area (Å²) in [4.78, 5) is 49.5. The highest BCUT2D eigenvalue weighted by molar-refractivity contribution is 7.97. The van der Waals surface area contributed by atoms with Gasteiger partial charge in [-0.25, -0.2) is 14.8 Å². The summed E-state index contributed by atoms with van der Waals surface area (Å²) in [6.45, 7) is 11.4. The second-order valence-electron chi connectivity index (χ2n) is 16.2. The molecule has 2 spiro atoms. The van der Waals surface area contributed by atoms with E-state index < -0.39 is 17.7 Å². The molecule has 3 aliphatic carbocycles. The molecule has 2 unspecified atom stereocenters. The van der Waals surface area contributed by atoms with Crippen LogP contribution in [-0.2, 0) is 14.3 Å². The molecule has 2 aliphatic heterocycles. The molecule has 4 fully saturated rings. The lowest BCUT2D eigenvalue weighted by Crippen LogP contribution is -2.45. The first-order chi connectivity index (χ1) is 24.2. The van der Waals surface area contributed by atoms with Gasteiger partial charge in [0, 0.05) is 42.7 Å². The van der Waals surface area contributed by atoms with E-state index in [2.05, 4.69) is 39.3 Å². The number of halogens is 1. The van der Waals surface area contributed by atoms with Crippen LogP contribution in [0.3, 0.4) is 0 Å². The zero-order chi connectivity index (χ0) is 36.2. The second-order valence-corrected chi connectivity index (χ2v) is 17.4. The number of carbonyl (C=O) groups is 3. The monoisotopic (exact) mass is 737 g/mol. The van der Waals surface area contributed by atoms with Gasteiger partial charge in [-0.15, -0.1) is 0 Å². The van der Waals surface area contributed by atoms with Gasteiger partial charge in [0.25, 0.3) is 5.91 Å². The number of likely N-dealkylation sites (tertiary alicyclic amines) is 1. The number of ether oxygens (including phenoxy) is 2. The first-order valence-corrected chi connectivity index (χ1v) is 19.1. The molecule has 2 aromatic rings. The van der Waals surface area contributed by atoms with Crippen molar-refractivity contribution in [2.45, 2.75) is 102 Å². The number of pyridine rings is 2. The number of aromatic nitrogens is 2. The largest absolute Gasteiger partial charge is 0.444 e. The highest BCUT2D eigenvalue weighted by Crippen LogP contribution is 2.92. The van der Waals surface area contributed by atoms with E-state index in [0.717, 1.165) is 37.8 Å². The Morgan fingerprint density at radius 2 is 1.82 bits per heavy atom. The van der Waals surface area contributed by atoms with Crippen LogP contribution in [0.15, 0.2) is 47.6 Å². The molecule has 12 nitrogen and oxygen atoms in total. The molecule has 2 amide bonds. The molecule has 0 aromatic carbocycles. The number of nitrogens with zero attached hydrogens (tertiary/aromatic N) is 4.